The summed E-state index contributed by atoms with van der Waals surface area (Å²) in [5, 5.41) is 11.1. The standard InChI is InChI=1S/C23H31NO4S.C2HF3O2/c1-5-20(15-24-14-18-7-9-19(26-4)10-8-18)29-21-11-12-22(17(3)13-21)28-16-23(25)27-6-2;3-2(4,5)1(6)7/h7-13,20,24H,5-6,14-16H2,1-4H3;(H,6,7). The van der Waals surface area contributed by atoms with Crippen molar-refractivity contribution in [2.75, 3.05) is 26.9 Å². The molecule has 0 saturated carbocycles. The van der Waals surface area contributed by atoms with Gasteiger partial charge in [-0.3, -0.25) is 0 Å². The first-order chi connectivity index (χ1) is 17.0. The Morgan fingerprint density at radius 1 is 1.11 bits per heavy atom. The van der Waals surface area contributed by atoms with Gasteiger partial charge in [-0.15, -0.1) is 11.8 Å². The quantitative estimate of drug-likeness (QED) is 0.284. The number of carboxylic acids is 1. The first kappa shape index (κ1) is 31.1. The second-order valence-electron chi connectivity index (χ2n) is 7.45. The largest absolute Gasteiger partial charge is 0.497 e. The Morgan fingerprint density at radius 3 is 2.25 bits per heavy atom. The monoisotopic (exact) mass is 531 g/mol. The van der Waals surface area contributed by atoms with Gasteiger partial charge in [0, 0.05) is 23.2 Å². The molecular weight excluding hydrogens is 499 g/mol. The number of hydrogen-bond donors (Lipinski definition) is 2. The maximum Gasteiger partial charge on any atom is 0.490 e. The van der Waals surface area contributed by atoms with Crippen LogP contribution in [0, 0.1) is 6.92 Å². The number of aliphatic carboxylic acids is 1. The Morgan fingerprint density at radius 2 is 1.75 bits per heavy atom. The Kier molecular flexibility index (Phi) is 13.8. The van der Waals surface area contributed by atoms with Gasteiger partial charge >= 0.3 is 18.1 Å². The number of thioether (sulfide) groups is 1. The van der Waals surface area contributed by atoms with Crippen molar-refractivity contribution >= 4 is 23.7 Å². The molecule has 0 fully saturated rings. The summed E-state index contributed by atoms with van der Waals surface area (Å²) in [5.74, 6) is -1.51. The third kappa shape index (κ3) is 12.2. The smallest absolute Gasteiger partial charge is 0.490 e. The molecule has 2 rings (SSSR count). The van der Waals surface area contributed by atoms with E-state index in [2.05, 4.69) is 30.4 Å². The van der Waals surface area contributed by atoms with Crippen molar-refractivity contribution in [2.45, 2.75) is 50.1 Å². The first-order valence-corrected chi connectivity index (χ1v) is 12.1. The number of halogens is 3. The zero-order chi connectivity index (χ0) is 27.1. The van der Waals surface area contributed by atoms with Crippen molar-refractivity contribution < 1.29 is 42.1 Å². The number of carbonyl (C=O) groups excluding carboxylic acids is 1. The number of alkyl halides is 3. The maximum atomic E-state index is 11.4. The molecule has 0 spiro atoms. The molecule has 1 atom stereocenters. The lowest BCUT2D eigenvalue weighted by molar-refractivity contribution is -0.192. The molecule has 36 heavy (non-hydrogen) atoms. The van der Waals surface area contributed by atoms with E-state index >= 15 is 0 Å². The molecule has 2 N–H and O–H groups in total. The van der Waals surface area contributed by atoms with Crippen molar-refractivity contribution in [3.05, 3.63) is 53.6 Å². The summed E-state index contributed by atoms with van der Waals surface area (Å²) in [6, 6.07) is 14.2. The van der Waals surface area contributed by atoms with E-state index in [1.165, 1.54) is 10.5 Å². The number of ether oxygens (including phenoxy) is 3. The lowest BCUT2D eigenvalue weighted by atomic mass is 10.2. The average Bonchev–Trinajstić information content (AvgIpc) is 2.83. The fraction of sp³-hybridized carbons (Fsp3) is 0.440. The minimum atomic E-state index is -5.08. The van der Waals surface area contributed by atoms with Crippen LogP contribution in [0.4, 0.5) is 13.2 Å². The lowest BCUT2D eigenvalue weighted by Crippen LogP contribution is -2.23. The van der Waals surface area contributed by atoms with Crippen LogP contribution in [0.5, 0.6) is 11.5 Å². The van der Waals surface area contributed by atoms with E-state index in [0.29, 0.717) is 17.6 Å². The maximum absolute atomic E-state index is 11.4. The Bertz CT molecular complexity index is 954. The van der Waals surface area contributed by atoms with E-state index in [4.69, 9.17) is 24.1 Å². The SMILES string of the molecule is CCOC(=O)COc1ccc(SC(CC)CNCc2ccc(OC)cc2)cc1C.O=C(O)C(F)(F)F. The average molecular weight is 532 g/mol. The van der Waals surface area contributed by atoms with Gasteiger partial charge in [-0.2, -0.15) is 13.2 Å². The molecule has 2 aromatic rings. The van der Waals surface area contributed by atoms with Gasteiger partial charge in [0.25, 0.3) is 0 Å². The number of aryl methyl sites for hydroxylation is 1. The van der Waals surface area contributed by atoms with Crippen LogP contribution in [0.25, 0.3) is 0 Å². The number of methoxy groups -OCH3 is 1. The summed E-state index contributed by atoms with van der Waals surface area (Å²) in [5.41, 5.74) is 2.25. The van der Waals surface area contributed by atoms with Crippen molar-refractivity contribution in [3.63, 3.8) is 0 Å². The van der Waals surface area contributed by atoms with Gasteiger partial charge in [0.1, 0.15) is 11.5 Å². The zero-order valence-corrected chi connectivity index (χ0v) is 21.5. The normalized spacial score (nSPS) is 11.6. The van der Waals surface area contributed by atoms with E-state index in [-0.39, 0.29) is 12.6 Å². The van der Waals surface area contributed by atoms with E-state index in [1.807, 2.05) is 43.0 Å². The molecule has 0 heterocycles. The fourth-order valence-electron chi connectivity index (χ4n) is 2.78. The zero-order valence-electron chi connectivity index (χ0n) is 20.7. The molecule has 0 aliphatic carbocycles. The van der Waals surface area contributed by atoms with Crippen LogP contribution in [-0.4, -0.2) is 55.3 Å². The minimum absolute atomic E-state index is 0.0615. The minimum Gasteiger partial charge on any atom is -0.497 e. The van der Waals surface area contributed by atoms with E-state index in [9.17, 15) is 18.0 Å². The Labute approximate surface area is 213 Å². The van der Waals surface area contributed by atoms with Gasteiger partial charge in [-0.1, -0.05) is 19.1 Å². The molecule has 0 amide bonds. The molecule has 11 heteroatoms. The summed E-state index contributed by atoms with van der Waals surface area (Å²) in [4.78, 5) is 21.5. The summed E-state index contributed by atoms with van der Waals surface area (Å²) in [7, 11) is 1.68. The van der Waals surface area contributed by atoms with Gasteiger partial charge in [-0.05, 0) is 61.7 Å². The van der Waals surface area contributed by atoms with Crippen LogP contribution in [0.1, 0.15) is 31.4 Å². The van der Waals surface area contributed by atoms with Gasteiger partial charge in [0.2, 0.25) is 0 Å². The van der Waals surface area contributed by atoms with Crippen LogP contribution in [0.2, 0.25) is 0 Å². The van der Waals surface area contributed by atoms with Crippen molar-refractivity contribution in [1.29, 1.82) is 0 Å². The van der Waals surface area contributed by atoms with E-state index in [0.717, 1.165) is 30.8 Å². The molecule has 0 radical (unpaired) electrons. The second kappa shape index (κ2) is 15.9. The number of hydrogen-bond acceptors (Lipinski definition) is 7. The molecule has 0 bridgehead atoms. The Balaban J connectivity index is 0.000000809. The number of esters is 1. The summed E-state index contributed by atoms with van der Waals surface area (Å²) >= 11 is 1.86. The lowest BCUT2D eigenvalue weighted by Gasteiger charge is -2.17. The Hall–Kier alpha value is -2.92. The van der Waals surface area contributed by atoms with Crippen LogP contribution in [0.15, 0.2) is 47.4 Å². The van der Waals surface area contributed by atoms with Crippen LogP contribution >= 0.6 is 11.8 Å². The predicted molar refractivity (Wildman–Crippen MR) is 132 cm³/mol. The van der Waals surface area contributed by atoms with E-state index in [1.54, 1.807) is 14.0 Å². The van der Waals surface area contributed by atoms with Crippen LogP contribution in [-0.2, 0) is 20.9 Å². The summed E-state index contributed by atoms with van der Waals surface area (Å²) < 4.78 is 47.4. The van der Waals surface area contributed by atoms with Crippen LogP contribution < -0.4 is 14.8 Å². The molecule has 2 aromatic carbocycles. The number of benzene rings is 2. The highest BCUT2D eigenvalue weighted by Gasteiger charge is 2.38. The number of rotatable bonds is 12. The van der Waals surface area contributed by atoms with Gasteiger partial charge < -0.3 is 24.6 Å². The molecule has 7 nitrogen and oxygen atoms in total. The molecule has 1 unspecified atom stereocenters. The molecule has 0 aromatic heterocycles. The number of carbonyl (C=O) groups is 2. The molecule has 0 aliphatic rings. The molecule has 0 saturated heterocycles. The summed E-state index contributed by atoms with van der Waals surface area (Å²) in [6.45, 7) is 8.04. The predicted octanol–water partition coefficient (Wildman–Crippen LogP) is 5.24. The number of carboxylic acid groups (broad SMARTS) is 1. The third-order valence-corrected chi connectivity index (χ3v) is 6.02. The van der Waals surface area contributed by atoms with Gasteiger partial charge in [0.05, 0.1) is 13.7 Å². The number of nitrogens with one attached hydrogen (secondary N) is 1. The summed E-state index contributed by atoms with van der Waals surface area (Å²) in [6.07, 6.45) is -4.01. The van der Waals surface area contributed by atoms with Crippen LogP contribution in [0.3, 0.4) is 0 Å². The second-order valence-corrected chi connectivity index (χ2v) is 8.82. The highest BCUT2D eigenvalue weighted by Crippen LogP contribution is 2.29. The molecule has 200 valence electrons. The highest BCUT2D eigenvalue weighted by molar-refractivity contribution is 8.00. The first-order valence-electron chi connectivity index (χ1n) is 11.2. The van der Waals surface area contributed by atoms with E-state index < -0.39 is 12.1 Å². The van der Waals surface area contributed by atoms with Gasteiger partial charge in [-0.25, -0.2) is 9.59 Å². The molecular formula is C25H32F3NO6S. The van der Waals surface area contributed by atoms with Crippen molar-refractivity contribution in [1.82, 2.24) is 5.32 Å². The highest BCUT2D eigenvalue weighted by atomic mass is 32.2. The topological polar surface area (TPSA) is 94.1 Å². The fourth-order valence-corrected chi connectivity index (χ4v) is 3.92. The molecule has 0 aliphatic heterocycles. The van der Waals surface area contributed by atoms with Crippen molar-refractivity contribution in [2.24, 2.45) is 0 Å². The third-order valence-electron chi connectivity index (χ3n) is 4.66. The van der Waals surface area contributed by atoms with Crippen molar-refractivity contribution in [3.8, 4) is 11.5 Å². The van der Waals surface area contributed by atoms with Gasteiger partial charge in [0.15, 0.2) is 6.61 Å².